The van der Waals surface area contributed by atoms with Crippen molar-refractivity contribution in [3.8, 4) is 0 Å². The van der Waals surface area contributed by atoms with Crippen molar-refractivity contribution in [3.63, 3.8) is 0 Å². The summed E-state index contributed by atoms with van der Waals surface area (Å²) in [5.41, 5.74) is 6.34. The van der Waals surface area contributed by atoms with Crippen molar-refractivity contribution in [2.45, 2.75) is 34.1 Å². The predicted octanol–water partition coefficient (Wildman–Crippen LogP) is 3.41. The highest BCUT2D eigenvalue weighted by atomic mass is 16.4. The van der Waals surface area contributed by atoms with E-state index in [0.717, 1.165) is 16.7 Å². The first kappa shape index (κ1) is 12.5. The first-order chi connectivity index (χ1) is 7.34. The Labute approximate surface area is 96.6 Å². The highest BCUT2D eigenvalue weighted by Crippen LogP contribution is 2.28. The smallest absolute Gasteiger partial charge is 0.307 e. The molecule has 0 fully saturated rings. The summed E-state index contributed by atoms with van der Waals surface area (Å²) in [4.78, 5) is 10.7. The first-order valence-electron chi connectivity index (χ1n) is 5.32. The summed E-state index contributed by atoms with van der Waals surface area (Å²) >= 11 is 0. The Hall–Kier alpha value is -1.57. The molecule has 16 heavy (non-hydrogen) atoms. The van der Waals surface area contributed by atoms with Crippen molar-refractivity contribution < 1.29 is 9.90 Å². The second kappa shape index (κ2) is 4.52. The lowest BCUT2D eigenvalue weighted by Gasteiger charge is -2.16. The number of hydrogen-bond acceptors (Lipinski definition) is 1. The van der Waals surface area contributed by atoms with Crippen molar-refractivity contribution in [1.29, 1.82) is 0 Å². The van der Waals surface area contributed by atoms with Gasteiger partial charge in [-0.1, -0.05) is 12.6 Å². The number of rotatable bonds is 3. The van der Waals surface area contributed by atoms with Crippen LogP contribution >= 0.6 is 0 Å². The molecule has 0 saturated carbocycles. The summed E-state index contributed by atoms with van der Waals surface area (Å²) in [5, 5.41) is 8.80. The van der Waals surface area contributed by atoms with E-state index in [1.165, 1.54) is 11.1 Å². The number of aliphatic carboxylic acids is 1. The van der Waals surface area contributed by atoms with Gasteiger partial charge in [0.2, 0.25) is 0 Å². The fourth-order valence-corrected chi connectivity index (χ4v) is 2.02. The summed E-state index contributed by atoms with van der Waals surface area (Å²) in [7, 11) is 0. The fourth-order valence-electron chi connectivity index (χ4n) is 2.02. The van der Waals surface area contributed by atoms with Crippen molar-refractivity contribution >= 4 is 11.5 Å². The van der Waals surface area contributed by atoms with Gasteiger partial charge >= 0.3 is 5.97 Å². The lowest BCUT2D eigenvalue weighted by Crippen LogP contribution is -2.02. The molecule has 0 aliphatic carbocycles. The van der Waals surface area contributed by atoms with Gasteiger partial charge in [0.1, 0.15) is 0 Å². The molecule has 0 aliphatic heterocycles. The van der Waals surface area contributed by atoms with Crippen LogP contribution < -0.4 is 0 Å². The molecule has 0 aromatic heterocycles. The first-order valence-corrected chi connectivity index (χ1v) is 5.32. The molecule has 0 bridgehead atoms. The van der Waals surface area contributed by atoms with Gasteiger partial charge in [-0.3, -0.25) is 4.79 Å². The lowest BCUT2D eigenvalue weighted by atomic mass is 9.89. The van der Waals surface area contributed by atoms with Gasteiger partial charge in [-0.05, 0) is 61.1 Å². The topological polar surface area (TPSA) is 37.3 Å². The Morgan fingerprint density at radius 3 is 2.00 bits per heavy atom. The predicted molar refractivity (Wildman–Crippen MR) is 66.7 cm³/mol. The molecule has 0 amide bonds. The van der Waals surface area contributed by atoms with Crippen molar-refractivity contribution in [2.75, 3.05) is 0 Å². The quantitative estimate of drug-likeness (QED) is 0.844. The summed E-state index contributed by atoms with van der Waals surface area (Å²) < 4.78 is 0. The zero-order chi connectivity index (χ0) is 12.5. The maximum Gasteiger partial charge on any atom is 0.307 e. The normalized spacial score (nSPS) is 10.2. The van der Waals surface area contributed by atoms with Crippen LogP contribution in [-0.2, 0) is 4.79 Å². The van der Waals surface area contributed by atoms with Crippen LogP contribution in [0.5, 0.6) is 0 Å². The van der Waals surface area contributed by atoms with E-state index < -0.39 is 5.97 Å². The molecular formula is C14H18O2. The highest BCUT2D eigenvalue weighted by Gasteiger charge is 2.13. The number of carbonyl (C=O) groups is 1. The fraction of sp³-hybridized carbons (Fsp3) is 0.357. The maximum absolute atomic E-state index is 10.7. The molecule has 2 nitrogen and oxygen atoms in total. The maximum atomic E-state index is 10.7. The van der Waals surface area contributed by atoms with Crippen molar-refractivity contribution in [3.05, 3.63) is 40.5 Å². The SMILES string of the molecule is C=C(CC(=O)O)c1c(C)c(C)cc(C)c1C. The zero-order valence-electron chi connectivity index (χ0n) is 10.3. The van der Waals surface area contributed by atoms with Crippen LogP contribution in [0.4, 0.5) is 0 Å². The average Bonchev–Trinajstić information content (AvgIpc) is 2.14. The van der Waals surface area contributed by atoms with Gasteiger partial charge in [-0.2, -0.15) is 0 Å². The van der Waals surface area contributed by atoms with E-state index in [4.69, 9.17) is 5.11 Å². The van der Waals surface area contributed by atoms with Gasteiger partial charge in [0, 0.05) is 0 Å². The van der Waals surface area contributed by atoms with Gasteiger partial charge in [0.05, 0.1) is 6.42 Å². The van der Waals surface area contributed by atoms with Crippen LogP contribution in [0.1, 0.15) is 34.2 Å². The van der Waals surface area contributed by atoms with Crippen molar-refractivity contribution in [2.24, 2.45) is 0 Å². The largest absolute Gasteiger partial charge is 0.481 e. The van der Waals surface area contributed by atoms with E-state index in [1.54, 1.807) is 0 Å². The molecule has 1 aromatic carbocycles. The monoisotopic (exact) mass is 218 g/mol. The van der Waals surface area contributed by atoms with E-state index in [-0.39, 0.29) is 6.42 Å². The molecule has 86 valence electrons. The van der Waals surface area contributed by atoms with Crippen LogP contribution in [0.25, 0.3) is 5.57 Å². The third-order valence-electron chi connectivity index (χ3n) is 3.08. The molecule has 0 radical (unpaired) electrons. The minimum atomic E-state index is -0.831. The highest BCUT2D eigenvalue weighted by molar-refractivity contribution is 5.85. The van der Waals surface area contributed by atoms with E-state index in [1.807, 2.05) is 27.7 Å². The van der Waals surface area contributed by atoms with Crippen LogP contribution in [0, 0.1) is 27.7 Å². The Kier molecular flexibility index (Phi) is 3.53. The Bertz CT molecular complexity index is 430. The second-order valence-electron chi connectivity index (χ2n) is 4.31. The van der Waals surface area contributed by atoms with E-state index in [9.17, 15) is 4.79 Å². The minimum absolute atomic E-state index is 0.00454. The molecule has 0 saturated heterocycles. The molecule has 1 aromatic rings. The molecule has 0 unspecified atom stereocenters. The molecule has 0 aliphatic rings. The van der Waals surface area contributed by atoms with Gasteiger partial charge < -0.3 is 5.11 Å². The third-order valence-corrected chi connectivity index (χ3v) is 3.08. The standard InChI is InChI=1S/C14H18O2/c1-8-6-9(2)12(5)14(11(8)4)10(3)7-13(15)16/h6H,3,7H2,1-2,4-5H3,(H,15,16). The van der Waals surface area contributed by atoms with Gasteiger partial charge in [0.15, 0.2) is 0 Å². The molecule has 1 N–H and O–H groups in total. The molecule has 0 atom stereocenters. The summed E-state index contributed by atoms with van der Waals surface area (Å²) in [6, 6.07) is 2.13. The Morgan fingerprint density at radius 1 is 1.19 bits per heavy atom. The molecule has 1 rings (SSSR count). The zero-order valence-corrected chi connectivity index (χ0v) is 10.3. The number of carboxylic acid groups (broad SMARTS) is 1. The Morgan fingerprint density at radius 2 is 1.62 bits per heavy atom. The van der Waals surface area contributed by atoms with Crippen LogP contribution in [0.15, 0.2) is 12.6 Å². The summed E-state index contributed by atoms with van der Waals surface area (Å²) in [6.45, 7) is 12.0. The van der Waals surface area contributed by atoms with E-state index in [2.05, 4.69) is 12.6 Å². The Balaban J connectivity index is 3.32. The number of carboxylic acids is 1. The number of hydrogen-bond donors (Lipinski definition) is 1. The van der Waals surface area contributed by atoms with E-state index >= 15 is 0 Å². The number of benzene rings is 1. The van der Waals surface area contributed by atoms with Crippen LogP contribution in [0.2, 0.25) is 0 Å². The second-order valence-corrected chi connectivity index (χ2v) is 4.31. The molecule has 0 spiro atoms. The van der Waals surface area contributed by atoms with Crippen LogP contribution in [0.3, 0.4) is 0 Å². The summed E-state index contributed by atoms with van der Waals surface area (Å²) in [6.07, 6.45) is 0.00454. The lowest BCUT2D eigenvalue weighted by molar-refractivity contribution is -0.135. The molecular weight excluding hydrogens is 200 g/mol. The third kappa shape index (κ3) is 2.32. The average molecular weight is 218 g/mol. The summed E-state index contributed by atoms with van der Waals surface area (Å²) in [5.74, 6) is -0.831. The van der Waals surface area contributed by atoms with Gasteiger partial charge in [-0.25, -0.2) is 0 Å². The molecule has 0 heterocycles. The van der Waals surface area contributed by atoms with Crippen LogP contribution in [-0.4, -0.2) is 11.1 Å². The number of aryl methyl sites for hydroxylation is 2. The molecule has 2 heteroatoms. The van der Waals surface area contributed by atoms with Gasteiger partial charge in [-0.15, -0.1) is 0 Å². The van der Waals surface area contributed by atoms with Crippen molar-refractivity contribution in [1.82, 2.24) is 0 Å². The minimum Gasteiger partial charge on any atom is -0.481 e. The van der Waals surface area contributed by atoms with E-state index in [0.29, 0.717) is 5.57 Å². The van der Waals surface area contributed by atoms with Gasteiger partial charge in [0.25, 0.3) is 0 Å².